The first kappa shape index (κ1) is 27.9. The van der Waals surface area contributed by atoms with Gasteiger partial charge >= 0.3 is 0 Å². The molecule has 186 valence electrons. The third-order valence-corrected chi connectivity index (χ3v) is 7.16. The van der Waals surface area contributed by atoms with E-state index in [9.17, 15) is 18.0 Å². The Bertz CT molecular complexity index is 1060. The highest BCUT2D eigenvalue weighted by atomic mass is 127. The van der Waals surface area contributed by atoms with Gasteiger partial charge in [0.15, 0.2) is 0 Å². The molecular formula is C24H32IN3O5S. The van der Waals surface area contributed by atoms with E-state index in [4.69, 9.17) is 4.74 Å². The zero-order valence-electron chi connectivity index (χ0n) is 20.0. The summed E-state index contributed by atoms with van der Waals surface area (Å²) in [5, 5.41) is 2.86. The van der Waals surface area contributed by atoms with Gasteiger partial charge in [-0.2, -0.15) is 0 Å². The summed E-state index contributed by atoms with van der Waals surface area (Å²) in [7, 11) is -2.17. The molecule has 0 saturated carbocycles. The number of nitrogens with zero attached hydrogens (tertiary/aromatic N) is 2. The molecule has 2 aromatic rings. The molecule has 0 bridgehead atoms. The molecule has 34 heavy (non-hydrogen) atoms. The monoisotopic (exact) mass is 601 g/mol. The molecule has 0 aromatic heterocycles. The van der Waals surface area contributed by atoms with Crippen LogP contribution in [0, 0.1) is 3.57 Å². The van der Waals surface area contributed by atoms with Crippen LogP contribution in [0.15, 0.2) is 48.5 Å². The summed E-state index contributed by atoms with van der Waals surface area (Å²) in [6.07, 6.45) is 2.83. The Kier molecular flexibility index (Phi) is 10.6. The number of unbranched alkanes of at least 4 members (excludes halogenated alkanes) is 1. The van der Waals surface area contributed by atoms with Crippen LogP contribution in [0.2, 0.25) is 0 Å². The molecule has 2 rings (SSSR count). The van der Waals surface area contributed by atoms with Gasteiger partial charge in [-0.15, -0.1) is 0 Å². The molecule has 0 heterocycles. The summed E-state index contributed by atoms with van der Waals surface area (Å²) >= 11 is 2.13. The molecule has 10 heteroatoms. The van der Waals surface area contributed by atoms with Crippen molar-refractivity contribution < 1.29 is 22.7 Å². The molecule has 2 aromatic carbocycles. The molecule has 0 spiro atoms. The van der Waals surface area contributed by atoms with Crippen LogP contribution in [0.3, 0.4) is 0 Å². The molecule has 0 unspecified atom stereocenters. The molecule has 1 N–H and O–H groups in total. The van der Waals surface area contributed by atoms with Crippen molar-refractivity contribution in [3.05, 3.63) is 57.7 Å². The van der Waals surface area contributed by atoms with Crippen LogP contribution >= 0.6 is 22.6 Å². The molecule has 0 radical (unpaired) electrons. The maximum Gasteiger partial charge on any atom is 0.244 e. The maximum absolute atomic E-state index is 13.5. The van der Waals surface area contributed by atoms with Gasteiger partial charge in [0, 0.05) is 16.7 Å². The van der Waals surface area contributed by atoms with Crippen molar-refractivity contribution in [3.63, 3.8) is 0 Å². The number of hydrogen-bond acceptors (Lipinski definition) is 5. The Balaban J connectivity index is 2.32. The van der Waals surface area contributed by atoms with E-state index in [1.165, 1.54) is 4.90 Å². The fourth-order valence-electron chi connectivity index (χ4n) is 3.27. The van der Waals surface area contributed by atoms with Crippen LogP contribution in [0.25, 0.3) is 0 Å². The Morgan fingerprint density at radius 1 is 1.09 bits per heavy atom. The number of nitrogens with one attached hydrogen (secondary N) is 1. The van der Waals surface area contributed by atoms with Crippen molar-refractivity contribution in [2.75, 3.05) is 30.8 Å². The lowest BCUT2D eigenvalue weighted by molar-refractivity contribution is -0.139. The summed E-state index contributed by atoms with van der Waals surface area (Å²) in [6.45, 7) is 3.93. The predicted molar refractivity (Wildman–Crippen MR) is 142 cm³/mol. The lowest BCUT2D eigenvalue weighted by Gasteiger charge is -2.31. The second-order valence-corrected chi connectivity index (χ2v) is 11.1. The van der Waals surface area contributed by atoms with Gasteiger partial charge in [0.25, 0.3) is 0 Å². The summed E-state index contributed by atoms with van der Waals surface area (Å²) in [5.41, 5.74) is 1.18. The lowest BCUT2D eigenvalue weighted by Crippen LogP contribution is -2.51. The summed E-state index contributed by atoms with van der Waals surface area (Å²) in [5.74, 6) is -0.0811. The smallest absolute Gasteiger partial charge is 0.244 e. The van der Waals surface area contributed by atoms with Gasteiger partial charge in [-0.3, -0.25) is 13.9 Å². The summed E-state index contributed by atoms with van der Waals surface area (Å²) in [4.78, 5) is 27.7. The maximum atomic E-state index is 13.5. The number of carbonyl (C=O) groups is 2. The van der Waals surface area contributed by atoms with E-state index < -0.39 is 28.5 Å². The third kappa shape index (κ3) is 8.15. The minimum Gasteiger partial charge on any atom is -0.497 e. The fourth-order valence-corrected chi connectivity index (χ4v) is 4.48. The highest BCUT2D eigenvalue weighted by Gasteiger charge is 2.30. The molecule has 8 nitrogen and oxygen atoms in total. The normalized spacial score (nSPS) is 12.0. The largest absolute Gasteiger partial charge is 0.497 e. The molecule has 0 aliphatic heterocycles. The topological polar surface area (TPSA) is 96.0 Å². The van der Waals surface area contributed by atoms with E-state index in [2.05, 4.69) is 27.9 Å². The third-order valence-electron chi connectivity index (χ3n) is 5.30. The first-order chi connectivity index (χ1) is 16.1. The standard InChI is InChI=1S/C24H32IN3O5S/c1-5-6-15-26-24(30)18(2)27(16-19-7-13-22(33-3)14-8-19)23(29)17-28(34(4,31)32)21-11-9-20(25)10-12-21/h7-14,18H,5-6,15-17H2,1-4H3,(H,26,30)/t18-/m1/s1. The fraction of sp³-hybridized carbons (Fsp3) is 0.417. The number of rotatable bonds is 12. The van der Waals surface area contributed by atoms with Crippen LogP contribution in [0.5, 0.6) is 5.75 Å². The van der Waals surface area contributed by atoms with Gasteiger partial charge < -0.3 is 15.0 Å². The van der Waals surface area contributed by atoms with Gasteiger partial charge in [0.1, 0.15) is 18.3 Å². The van der Waals surface area contributed by atoms with Crippen molar-refractivity contribution in [2.24, 2.45) is 0 Å². The van der Waals surface area contributed by atoms with Crippen molar-refractivity contribution in [1.29, 1.82) is 0 Å². The van der Waals surface area contributed by atoms with Crippen LogP contribution in [0.4, 0.5) is 5.69 Å². The van der Waals surface area contributed by atoms with Crippen molar-refractivity contribution >= 4 is 50.1 Å². The number of methoxy groups -OCH3 is 1. The molecule has 2 amide bonds. The Morgan fingerprint density at radius 3 is 2.24 bits per heavy atom. The number of amides is 2. The average Bonchev–Trinajstić information content (AvgIpc) is 2.81. The number of halogens is 1. The molecule has 1 atom stereocenters. The number of benzene rings is 2. The lowest BCUT2D eigenvalue weighted by atomic mass is 10.1. The second-order valence-electron chi connectivity index (χ2n) is 7.94. The minimum atomic E-state index is -3.74. The second kappa shape index (κ2) is 12.9. The molecule has 0 aliphatic carbocycles. The van der Waals surface area contributed by atoms with Gasteiger partial charge in [0.05, 0.1) is 19.1 Å². The Labute approximate surface area is 215 Å². The van der Waals surface area contributed by atoms with Crippen LogP contribution in [0.1, 0.15) is 32.3 Å². The van der Waals surface area contributed by atoms with E-state index in [0.717, 1.165) is 32.5 Å². The zero-order valence-corrected chi connectivity index (χ0v) is 22.9. The van der Waals surface area contributed by atoms with Gasteiger partial charge in [-0.1, -0.05) is 25.5 Å². The van der Waals surface area contributed by atoms with Crippen molar-refractivity contribution in [1.82, 2.24) is 10.2 Å². The molecular weight excluding hydrogens is 569 g/mol. The zero-order chi connectivity index (χ0) is 25.3. The van der Waals surface area contributed by atoms with E-state index in [1.54, 1.807) is 50.4 Å². The SMILES string of the molecule is CCCCNC(=O)[C@@H](C)N(Cc1ccc(OC)cc1)C(=O)CN(c1ccc(I)cc1)S(C)(=O)=O. The first-order valence-corrected chi connectivity index (χ1v) is 13.9. The van der Waals surface area contributed by atoms with Gasteiger partial charge in [-0.05, 0) is 77.9 Å². The highest BCUT2D eigenvalue weighted by molar-refractivity contribution is 14.1. The number of carbonyl (C=O) groups excluding carboxylic acids is 2. The summed E-state index contributed by atoms with van der Waals surface area (Å²) in [6, 6.07) is 13.3. The van der Waals surface area contributed by atoms with Gasteiger partial charge in [0.2, 0.25) is 21.8 Å². The van der Waals surface area contributed by atoms with E-state index >= 15 is 0 Å². The number of anilines is 1. The quantitative estimate of drug-likeness (QED) is 0.297. The van der Waals surface area contributed by atoms with Crippen LogP contribution in [-0.2, 0) is 26.2 Å². The molecule has 0 saturated heterocycles. The van der Waals surface area contributed by atoms with Crippen molar-refractivity contribution in [2.45, 2.75) is 39.3 Å². The van der Waals surface area contributed by atoms with E-state index in [0.29, 0.717) is 18.0 Å². The van der Waals surface area contributed by atoms with Crippen molar-refractivity contribution in [3.8, 4) is 5.75 Å². The van der Waals surface area contributed by atoms with E-state index in [1.807, 2.05) is 19.1 Å². The van der Waals surface area contributed by atoms with Gasteiger partial charge in [-0.25, -0.2) is 8.42 Å². The van der Waals surface area contributed by atoms with Crippen LogP contribution in [-0.4, -0.2) is 57.6 Å². The highest BCUT2D eigenvalue weighted by Crippen LogP contribution is 2.21. The molecule has 0 aliphatic rings. The molecule has 0 fully saturated rings. The van der Waals surface area contributed by atoms with E-state index in [-0.39, 0.29) is 12.5 Å². The number of sulfonamides is 1. The Morgan fingerprint density at radius 2 is 1.71 bits per heavy atom. The first-order valence-electron chi connectivity index (χ1n) is 11.0. The number of ether oxygens (including phenoxy) is 1. The number of hydrogen-bond donors (Lipinski definition) is 1. The summed E-state index contributed by atoms with van der Waals surface area (Å²) < 4.78 is 32.3. The minimum absolute atomic E-state index is 0.148. The predicted octanol–water partition coefficient (Wildman–Crippen LogP) is 3.40. The average molecular weight is 602 g/mol. The Hall–Kier alpha value is -2.34. The van der Waals surface area contributed by atoms with Crippen LogP contribution < -0.4 is 14.4 Å².